The van der Waals surface area contributed by atoms with E-state index in [1.807, 2.05) is 13.8 Å². The first-order valence-electron chi connectivity index (χ1n) is 10.6. The van der Waals surface area contributed by atoms with Crippen LogP contribution in [0.25, 0.3) is 0 Å². The zero-order valence-electron chi connectivity index (χ0n) is 18.0. The highest BCUT2D eigenvalue weighted by Crippen LogP contribution is 2.35. The zero-order chi connectivity index (χ0) is 21.4. The largest absolute Gasteiger partial charge is 0.462 e. The van der Waals surface area contributed by atoms with Gasteiger partial charge in [0.2, 0.25) is 5.91 Å². The standard InChI is InChI=1S/C22H33NO5S/c1-5-27-21(25)18-15(4)19(22(26)28-13-14(2)3)29-20(18)23-17(24)12-11-16-9-7-6-8-10-16/h14,16H,5-13H2,1-4H3,(H,23,24). The van der Waals surface area contributed by atoms with Crippen molar-refractivity contribution in [2.45, 2.75) is 72.6 Å². The predicted molar refractivity (Wildman–Crippen MR) is 115 cm³/mol. The number of ether oxygens (including phenoxy) is 2. The molecular weight excluding hydrogens is 390 g/mol. The molecule has 0 saturated heterocycles. The molecule has 0 spiro atoms. The molecule has 1 heterocycles. The predicted octanol–water partition coefficient (Wildman–Crippen LogP) is 5.35. The molecular formula is C22H33NO5S. The smallest absolute Gasteiger partial charge is 0.348 e. The Morgan fingerprint density at radius 1 is 1.10 bits per heavy atom. The van der Waals surface area contributed by atoms with E-state index in [1.54, 1.807) is 13.8 Å². The van der Waals surface area contributed by atoms with Crippen LogP contribution in [0, 0.1) is 18.8 Å². The Labute approximate surface area is 177 Å². The number of hydrogen-bond donors (Lipinski definition) is 1. The van der Waals surface area contributed by atoms with Crippen molar-refractivity contribution in [3.8, 4) is 0 Å². The van der Waals surface area contributed by atoms with Gasteiger partial charge in [-0.15, -0.1) is 11.3 Å². The minimum atomic E-state index is -0.535. The van der Waals surface area contributed by atoms with E-state index in [9.17, 15) is 14.4 Å². The number of anilines is 1. The van der Waals surface area contributed by atoms with Gasteiger partial charge < -0.3 is 14.8 Å². The fraction of sp³-hybridized carbons (Fsp3) is 0.682. The number of nitrogens with one attached hydrogen (secondary N) is 1. The summed E-state index contributed by atoms with van der Waals surface area (Å²) in [5, 5.41) is 3.21. The summed E-state index contributed by atoms with van der Waals surface area (Å²) in [6.45, 7) is 7.84. The summed E-state index contributed by atoms with van der Waals surface area (Å²) in [6.07, 6.45) is 7.41. The van der Waals surface area contributed by atoms with Gasteiger partial charge in [-0.1, -0.05) is 46.0 Å². The minimum Gasteiger partial charge on any atom is -0.462 e. The second kappa shape index (κ2) is 11.3. The maximum absolute atomic E-state index is 12.5. The first-order valence-corrected chi connectivity index (χ1v) is 11.4. The van der Waals surface area contributed by atoms with Gasteiger partial charge in [0.25, 0.3) is 0 Å². The number of esters is 2. The van der Waals surface area contributed by atoms with Crippen molar-refractivity contribution in [3.63, 3.8) is 0 Å². The van der Waals surface area contributed by atoms with Gasteiger partial charge in [-0.25, -0.2) is 9.59 Å². The molecule has 0 bridgehead atoms. The molecule has 1 N–H and O–H groups in total. The Bertz CT molecular complexity index is 719. The van der Waals surface area contributed by atoms with Crippen molar-refractivity contribution in [2.24, 2.45) is 11.8 Å². The Kier molecular flexibility index (Phi) is 9.14. The van der Waals surface area contributed by atoms with Crippen LogP contribution < -0.4 is 5.32 Å². The van der Waals surface area contributed by atoms with Crippen LogP contribution in [0.3, 0.4) is 0 Å². The van der Waals surface area contributed by atoms with Crippen LogP contribution in [0.5, 0.6) is 0 Å². The molecule has 1 amide bonds. The maximum Gasteiger partial charge on any atom is 0.348 e. The fourth-order valence-electron chi connectivity index (χ4n) is 3.55. The molecule has 1 aliphatic rings. The lowest BCUT2D eigenvalue weighted by atomic mass is 9.86. The van der Waals surface area contributed by atoms with E-state index in [4.69, 9.17) is 9.47 Å². The van der Waals surface area contributed by atoms with Crippen molar-refractivity contribution >= 4 is 34.2 Å². The Hall–Kier alpha value is -1.89. The van der Waals surface area contributed by atoms with Crippen LogP contribution in [0.1, 0.15) is 91.3 Å². The zero-order valence-corrected chi connectivity index (χ0v) is 18.8. The first kappa shape index (κ1) is 23.4. The molecule has 1 aliphatic carbocycles. The van der Waals surface area contributed by atoms with E-state index in [2.05, 4.69) is 5.32 Å². The van der Waals surface area contributed by atoms with Gasteiger partial charge >= 0.3 is 11.9 Å². The van der Waals surface area contributed by atoms with Gasteiger partial charge in [-0.05, 0) is 37.7 Å². The molecule has 0 aliphatic heterocycles. The summed E-state index contributed by atoms with van der Waals surface area (Å²) in [5.74, 6) is -0.334. The summed E-state index contributed by atoms with van der Waals surface area (Å²) >= 11 is 1.08. The number of amides is 1. The summed E-state index contributed by atoms with van der Waals surface area (Å²) < 4.78 is 10.5. The van der Waals surface area contributed by atoms with E-state index in [-0.39, 0.29) is 24.0 Å². The molecule has 29 heavy (non-hydrogen) atoms. The normalized spacial score (nSPS) is 14.7. The summed E-state index contributed by atoms with van der Waals surface area (Å²) in [7, 11) is 0. The van der Waals surface area contributed by atoms with E-state index in [0.717, 1.165) is 17.8 Å². The average molecular weight is 424 g/mol. The Balaban J connectivity index is 2.12. The average Bonchev–Trinajstić information content (AvgIpc) is 3.01. The van der Waals surface area contributed by atoms with E-state index >= 15 is 0 Å². The molecule has 2 rings (SSSR count). The topological polar surface area (TPSA) is 81.7 Å². The van der Waals surface area contributed by atoms with E-state index in [1.165, 1.54) is 32.1 Å². The second-order valence-corrected chi connectivity index (χ2v) is 9.08. The third kappa shape index (κ3) is 6.84. The third-order valence-electron chi connectivity index (χ3n) is 5.12. The number of thiophene rings is 1. The molecule has 0 unspecified atom stereocenters. The highest BCUT2D eigenvalue weighted by atomic mass is 32.1. The highest BCUT2D eigenvalue weighted by molar-refractivity contribution is 7.18. The van der Waals surface area contributed by atoms with Crippen molar-refractivity contribution < 1.29 is 23.9 Å². The molecule has 6 nitrogen and oxygen atoms in total. The van der Waals surface area contributed by atoms with Crippen LogP contribution in [-0.2, 0) is 14.3 Å². The summed E-state index contributed by atoms with van der Waals surface area (Å²) in [5.41, 5.74) is 0.740. The number of carbonyl (C=O) groups is 3. The number of hydrogen-bond acceptors (Lipinski definition) is 6. The summed E-state index contributed by atoms with van der Waals surface area (Å²) in [4.78, 5) is 37.8. The Morgan fingerprint density at radius 2 is 1.79 bits per heavy atom. The van der Waals surface area contributed by atoms with Crippen molar-refractivity contribution in [2.75, 3.05) is 18.5 Å². The second-order valence-electron chi connectivity index (χ2n) is 8.06. The third-order valence-corrected chi connectivity index (χ3v) is 6.30. The number of carbonyl (C=O) groups excluding carboxylic acids is 3. The molecule has 1 fully saturated rings. The van der Waals surface area contributed by atoms with Crippen LogP contribution in [0.4, 0.5) is 5.00 Å². The SMILES string of the molecule is CCOC(=O)c1c(NC(=O)CCC2CCCCC2)sc(C(=O)OCC(C)C)c1C. The van der Waals surface area contributed by atoms with Crippen LogP contribution in [-0.4, -0.2) is 31.1 Å². The van der Waals surface area contributed by atoms with Gasteiger partial charge in [-0.2, -0.15) is 0 Å². The monoisotopic (exact) mass is 423 g/mol. The molecule has 1 aromatic rings. The van der Waals surface area contributed by atoms with Gasteiger partial charge in [0.15, 0.2) is 0 Å². The van der Waals surface area contributed by atoms with E-state index < -0.39 is 11.9 Å². The van der Waals surface area contributed by atoms with Gasteiger partial charge in [0.1, 0.15) is 9.88 Å². The lowest BCUT2D eigenvalue weighted by molar-refractivity contribution is -0.116. The summed E-state index contributed by atoms with van der Waals surface area (Å²) in [6, 6.07) is 0. The molecule has 1 aromatic heterocycles. The number of rotatable bonds is 9. The lowest BCUT2D eigenvalue weighted by Gasteiger charge is -2.20. The Morgan fingerprint density at radius 3 is 2.41 bits per heavy atom. The maximum atomic E-state index is 12.5. The van der Waals surface area contributed by atoms with Crippen LogP contribution in [0.2, 0.25) is 0 Å². The van der Waals surface area contributed by atoms with Gasteiger partial charge in [-0.3, -0.25) is 4.79 Å². The molecule has 0 radical (unpaired) electrons. The highest BCUT2D eigenvalue weighted by Gasteiger charge is 2.27. The quantitative estimate of drug-likeness (QED) is 0.542. The van der Waals surface area contributed by atoms with E-state index in [0.29, 0.717) is 34.4 Å². The molecule has 0 atom stereocenters. The van der Waals surface area contributed by atoms with Crippen molar-refractivity contribution in [1.82, 2.24) is 0 Å². The van der Waals surface area contributed by atoms with Crippen LogP contribution in [0.15, 0.2) is 0 Å². The molecule has 162 valence electrons. The molecule has 7 heteroatoms. The fourth-order valence-corrected chi connectivity index (χ4v) is 4.66. The molecule has 0 aromatic carbocycles. The lowest BCUT2D eigenvalue weighted by Crippen LogP contribution is -2.16. The van der Waals surface area contributed by atoms with Gasteiger partial charge in [0.05, 0.1) is 18.8 Å². The molecule has 1 saturated carbocycles. The minimum absolute atomic E-state index is 0.135. The van der Waals surface area contributed by atoms with Crippen molar-refractivity contribution in [1.29, 1.82) is 0 Å². The van der Waals surface area contributed by atoms with Gasteiger partial charge in [0, 0.05) is 6.42 Å². The van der Waals surface area contributed by atoms with Crippen LogP contribution >= 0.6 is 11.3 Å². The first-order chi connectivity index (χ1) is 13.8. The van der Waals surface area contributed by atoms with Crippen molar-refractivity contribution in [3.05, 3.63) is 16.0 Å².